The van der Waals surface area contributed by atoms with Crippen molar-refractivity contribution < 1.29 is 9.13 Å². The highest BCUT2D eigenvalue weighted by Gasteiger charge is 2.02. The van der Waals surface area contributed by atoms with Gasteiger partial charge in [0.15, 0.2) is 0 Å². The average Bonchev–Trinajstić information content (AvgIpc) is 2.58. The van der Waals surface area contributed by atoms with Crippen molar-refractivity contribution in [3.63, 3.8) is 0 Å². The molecule has 4 nitrogen and oxygen atoms in total. The van der Waals surface area contributed by atoms with Crippen LogP contribution in [0, 0.1) is 5.82 Å². The number of nitrogens with zero attached hydrogens (tertiary/aromatic N) is 2. The van der Waals surface area contributed by atoms with Crippen LogP contribution in [0.2, 0.25) is 0 Å². The molecule has 0 atom stereocenters. The predicted molar refractivity (Wildman–Crippen MR) is 58.4 cm³/mol. The molecule has 84 valence electrons. The van der Waals surface area contributed by atoms with E-state index in [0.717, 1.165) is 5.69 Å². The number of benzene rings is 1. The third-order valence-electron chi connectivity index (χ3n) is 2.17. The van der Waals surface area contributed by atoms with Gasteiger partial charge in [0.05, 0.1) is 0 Å². The summed E-state index contributed by atoms with van der Waals surface area (Å²) in [6.45, 7) is 0.316. The van der Waals surface area contributed by atoms with Crippen molar-refractivity contribution in [1.82, 2.24) is 9.78 Å². The van der Waals surface area contributed by atoms with Gasteiger partial charge in [0.1, 0.15) is 29.7 Å². The van der Waals surface area contributed by atoms with Gasteiger partial charge in [-0.2, -0.15) is 5.10 Å². The fraction of sp³-hybridized carbons (Fsp3) is 0.182. The normalized spacial score (nSPS) is 10.4. The molecule has 0 saturated carbocycles. The molecule has 2 rings (SSSR count). The monoisotopic (exact) mass is 221 g/mol. The molecule has 16 heavy (non-hydrogen) atoms. The molecule has 0 amide bonds. The van der Waals surface area contributed by atoms with E-state index in [1.54, 1.807) is 29.9 Å². The summed E-state index contributed by atoms with van der Waals surface area (Å²) in [6.07, 6.45) is 0. The Labute approximate surface area is 92.4 Å². The molecule has 0 bridgehead atoms. The molecule has 1 heterocycles. The Bertz CT molecular complexity index is 459. The van der Waals surface area contributed by atoms with Gasteiger partial charge in [0.25, 0.3) is 0 Å². The highest BCUT2D eigenvalue weighted by molar-refractivity contribution is 5.30. The van der Waals surface area contributed by atoms with Gasteiger partial charge in [-0.25, -0.2) is 4.39 Å². The topological polar surface area (TPSA) is 53.1 Å². The molecule has 2 aromatic rings. The fourth-order valence-corrected chi connectivity index (χ4v) is 1.30. The zero-order chi connectivity index (χ0) is 11.5. The lowest BCUT2D eigenvalue weighted by molar-refractivity contribution is 0.299. The van der Waals surface area contributed by atoms with Crippen molar-refractivity contribution in [2.45, 2.75) is 6.61 Å². The van der Waals surface area contributed by atoms with E-state index in [9.17, 15) is 4.39 Å². The standard InChI is InChI=1S/C11H12FN3O/c1-15-11(13)6-9(14-15)7-16-10-4-2-8(12)3-5-10/h2-6H,7,13H2,1H3. The number of hydrogen-bond donors (Lipinski definition) is 1. The minimum absolute atomic E-state index is 0.283. The molecule has 1 aromatic carbocycles. The first-order valence-electron chi connectivity index (χ1n) is 4.82. The Morgan fingerprint density at radius 3 is 2.62 bits per heavy atom. The molecule has 2 N–H and O–H groups in total. The Morgan fingerprint density at radius 2 is 2.06 bits per heavy atom. The van der Waals surface area contributed by atoms with Crippen LogP contribution in [0.4, 0.5) is 10.2 Å². The Hall–Kier alpha value is -2.04. The first kappa shape index (κ1) is 10.5. The summed E-state index contributed by atoms with van der Waals surface area (Å²) < 4.78 is 19.6. The number of rotatable bonds is 3. The SMILES string of the molecule is Cn1nc(COc2ccc(F)cc2)cc1N. The molecule has 0 fully saturated rings. The zero-order valence-electron chi connectivity index (χ0n) is 8.85. The number of aryl methyl sites for hydroxylation is 1. The molecular formula is C11H12FN3O. The second kappa shape index (κ2) is 4.22. The van der Waals surface area contributed by atoms with Crippen molar-refractivity contribution in [2.75, 3.05) is 5.73 Å². The van der Waals surface area contributed by atoms with E-state index in [0.29, 0.717) is 18.2 Å². The van der Waals surface area contributed by atoms with Gasteiger partial charge in [-0.15, -0.1) is 0 Å². The third kappa shape index (κ3) is 2.31. The van der Waals surface area contributed by atoms with Gasteiger partial charge in [0.2, 0.25) is 0 Å². The van der Waals surface area contributed by atoms with Crippen LogP contribution in [-0.2, 0) is 13.7 Å². The van der Waals surface area contributed by atoms with Gasteiger partial charge in [-0.1, -0.05) is 0 Å². The minimum atomic E-state index is -0.283. The van der Waals surface area contributed by atoms with Crippen molar-refractivity contribution in [3.05, 3.63) is 41.8 Å². The summed E-state index contributed by atoms with van der Waals surface area (Å²) in [6, 6.07) is 7.58. The molecule has 0 aliphatic rings. The van der Waals surface area contributed by atoms with E-state index in [-0.39, 0.29) is 5.82 Å². The first-order valence-corrected chi connectivity index (χ1v) is 4.82. The third-order valence-corrected chi connectivity index (χ3v) is 2.17. The second-order valence-electron chi connectivity index (χ2n) is 3.43. The molecule has 0 spiro atoms. The Morgan fingerprint density at radius 1 is 1.38 bits per heavy atom. The predicted octanol–water partition coefficient (Wildman–Crippen LogP) is 1.72. The van der Waals surface area contributed by atoms with E-state index in [1.807, 2.05) is 0 Å². The lowest BCUT2D eigenvalue weighted by Gasteiger charge is -2.03. The highest BCUT2D eigenvalue weighted by atomic mass is 19.1. The number of hydrogen-bond acceptors (Lipinski definition) is 3. The summed E-state index contributed by atoms with van der Waals surface area (Å²) in [5.41, 5.74) is 6.36. The Kier molecular flexibility index (Phi) is 2.76. The Balaban J connectivity index is 1.99. The van der Waals surface area contributed by atoms with Crippen LogP contribution in [0.25, 0.3) is 0 Å². The van der Waals surface area contributed by atoms with Gasteiger partial charge < -0.3 is 10.5 Å². The average molecular weight is 221 g/mol. The molecule has 0 aliphatic carbocycles. The van der Waals surface area contributed by atoms with Gasteiger partial charge >= 0.3 is 0 Å². The molecule has 1 aromatic heterocycles. The number of halogens is 1. The second-order valence-corrected chi connectivity index (χ2v) is 3.43. The lowest BCUT2D eigenvalue weighted by atomic mass is 10.3. The van der Waals surface area contributed by atoms with Gasteiger partial charge in [-0.05, 0) is 24.3 Å². The molecule has 0 aliphatic heterocycles. The van der Waals surface area contributed by atoms with Gasteiger partial charge in [0, 0.05) is 13.1 Å². The van der Waals surface area contributed by atoms with Gasteiger partial charge in [-0.3, -0.25) is 4.68 Å². The van der Waals surface area contributed by atoms with E-state index < -0.39 is 0 Å². The lowest BCUT2D eigenvalue weighted by Crippen LogP contribution is -1.99. The minimum Gasteiger partial charge on any atom is -0.487 e. The van der Waals surface area contributed by atoms with E-state index >= 15 is 0 Å². The van der Waals surface area contributed by atoms with Crippen LogP contribution in [-0.4, -0.2) is 9.78 Å². The molecule has 0 unspecified atom stereocenters. The fourth-order valence-electron chi connectivity index (χ4n) is 1.30. The van der Waals surface area contributed by atoms with Crippen LogP contribution >= 0.6 is 0 Å². The van der Waals surface area contributed by atoms with Crippen LogP contribution in [0.5, 0.6) is 5.75 Å². The number of aromatic nitrogens is 2. The zero-order valence-corrected chi connectivity index (χ0v) is 8.85. The van der Waals surface area contributed by atoms with Crippen LogP contribution < -0.4 is 10.5 Å². The number of ether oxygens (including phenoxy) is 1. The van der Waals surface area contributed by atoms with Crippen molar-refractivity contribution in [1.29, 1.82) is 0 Å². The number of nitrogens with two attached hydrogens (primary N) is 1. The maximum absolute atomic E-state index is 12.6. The molecular weight excluding hydrogens is 209 g/mol. The highest BCUT2D eigenvalue weighted by Crippen LogP contribution is 2.13. The van der Waals surface area contributed by atoms with Crippen LogP contribution in [0.1, 0.15) is 5.69 Å². The van der Waals surface area contributed by atoms with E-state index in [4.69, 9.17) is 10.5 Å². The maximum Gasteiger partial charge on any atom is 0.132 e. The van der Waals surface area contributed by atoms with Crippen LogP contribution in [0.3, 0.4) is 0 Å². The summed E-state index contributed by atoms with van der Waals surface area (Å²) >= 11 is 0. The maximum atomic E-state index is 12.6. The quantitative estimate of drug-likeness (QED) is 0.858. The van der Waals surface area contributed by atoms with Crippen LogP contribution in [0.15, 0.2) is 30.3 Å². The largest absolute Gasteiger partial charge is 0.487 e. The number of anilines is 1. The summed E-state index contributed by atoms with van der Waals surface area (Å²) in [4.78, 5) is 0. The summed E-state index contributed by atoms with van der Waals surface area (Å²) in [5.74, 6) is 0.901. The first-order chi connectivity index (χ1) is 7.65. The smallest absolute Gasteiger partial charge is 0.132 e. The van der Waals surface area contributed by atoms with E-state index in [1.165, 1.54) is 12.1 Å². The van der Waals surface area contributed by atoms with Crippen molar-refractivity contribution >= 4 is 5.82 Å². The van der Waals surface area contributed by atoms with E-state index in [2.05, 4.69) is 5.10 Å². The van der Waals surface area contributed by atoms with Crippen molar-refractivity contribution in [3.8, 4) is 5.75 Å². The summed E-state index contributed by atoms with van der Waals surface area (Å²) in [5, 5.41) is 4.14. The van der Waals surface area contributed by atoms with Crippen molar-refractivity contribution in [2.24, 2.45) is 7.05 Å². The summed E-state index contributed by atoms with van der Waals surface area (Å²) in [7, 11) is 1.76. The molecule has 5 heteroatoms. The number of nitrogen functional groups attached to an aromatic ring is 1. The molecule has 0 saturated heterocycles. The molecule has 0 radical (unpaired) electrons.